The van der Waals surface area contributed by atoms with E-state index in [1.807, 2.05) is 0 Å². The molecule has 2 aliphatic heterocycles. The van der Waals surface area contributed by atoms with Crippen molar-refractivity contribution in [3.05, 3.63) is 0 Å². The third kappa shape index (κ3) is 8.16. The highest BCUT2D eigenvalue weighted by atomic mass is 28.3. The average molecular weight is 649 g/mol. The van der Waals surface area contributed by atoms with Crippen molar-refractivity contribution < 1.29 is 28.4 Å². The van der Waals surface area contributed by atoms with E-state index in [0.29, 0.717) is 56.7 Å². The summed E-state index contributed by atoms with van der Waals surface area (Å²) in [6.07, 6.45) is 3.82. The molecule has 7 atom stereocenters. The molecular formula is C31H57BN6O6Si. The van der Waals surface area contributed by atoms with E-state index in [2.05, 4.69) is 56.0 Å². The van der Waals surface area contributed by atoms with Crippen LogP contribution in [-0.2, 0) is 23.6 Å². The highest BCUT2D eigenvalue weighted by Gasteiger charge is 2.68. The van der Waals surface area contributed by atoms with Crippen LogP contribution in [0.2, 0.25) is 25.7 Å². The summed E-state index contributed by atoms with van der Waals surface area (Å²) in [5.74, 6) is 0.0876. The van der Waals surface area contributed by atoms with Gasteiger partial charge in [-0.3, -0.25) is 14.6 Å². The Morgan fingerprint density at radius 2 is 1.82 bits per heavy atom. The molecule has 6 N–H and O–H groups in total. The van der Waals surface area contributed by atoms with Crippen LogP contribution in [0, 0.1) is 17.3 Å². The molecule has 0 aromatic carbocycles. The van der Waals surface area contributed by atoms with Crippen LogP contribution in [0.3, 0.4) is 0 Å². The van der Waals surface area contributed by atoms with E-state index in [4.69, 9.17) is 25.5 Å². The van der Waals surface area contributed by atoms with Gasteiger partial charge in [0.15, 0.2) is 5.96 Å². The van der Waals surface area contributed by atoms with Crippen LogP contribution in [-0.4, -0.2) is 92.4 Å². The van der Waals surface area contributed by atoms with Crippen molar-refractivity contribution in [2.24, 2.45) is 33.7 Å². The fraction of sp³-hybridized carbons (Fsp3) is 0.871. The molecule has 0 radical (unpaired) electrons. The lowest BCUT2D eigenvalue weighted by atomic mass is 9.43. The molecule has 254 valence electrons. The fourth-order valence-electron chi connectivity index (χ4n) is 7.91. The van der Waals surface area contributed by atoms with E-state index >= 15 is 0 Å². The van der Waals surface area contributed by atoms with Crippen molar-refractivity contribution in [2.75, 3.05) is 13.1 Å². The molecule has 5 fully saturated rings. The number of carbonyl (C=O) groups is 3. The molecule has 45 heavy (non-hydrogen) atoms. The maximum atomic E-state index is 14.0. The van der Waals surface area contributed by atoms with Crippen LogP contribution in [0.5, 0.6) is 0 Å². The summed E-state index contributed by atoms with van der Waals surface area (Å²) in [5.41, 5.74) is 10.2. The van der Waals surface area contributed by atoms with Crippen LogP contribution >= 0.6 is 0 Å². The Labute approximate surface area is 270 Å². The van der Waals surface area contributed by atoms with Gasteiger partial charge in [-0.05, 0) is 89.5 Å². The molecule has 0 spiro atoms. The van der Waals surface area contributed by atoms with Gasteiger partial charge in [0.05, 0.1) is 17.6 Å². The third-order valence-electron chi connectivity index (χ3n) is 10.2. The number of nitrogens with zero attached hydrogens (tertiary/aromatic N) is 2. The Hall–Kier alpha value is -2.32. The van der Waals surface area contributed by atoms with Crippen molar-refractivity contribution in [2.45, 2.75) is 141 Å². The number of aliphatic imine (C=N–C) groups is 1. The number of carbonyl (C=O) groups excluding carboxylic acids is 3. The van der Waals surface area contributed by atoms with Gasteiger partial charge in [0, 0.05) is 21.2 Å². The van der Waals surface area contributed by atoms with E-state index in [1.165, 1.54) is 0 Å². The minimum Gasteiger partial charge on any atom is -0.444 e. The predicted molar refractivity (Wildman–Crippen MR) is 178 cm³/mol. The fourth-order valence-corrected chi connectivity index (χ4v) is 9.41. The van der Waals surface area contributed by atoms with Gasteiger partial charge >= 0.3 is 13.2 Å². The van der Waals surface area contributed by atoms with Gasteiger partial charge in [-0.1, -0.05) is 33.5 Å². The van der Waals surface area contributed by atoms with E-state index in [9.17, 15) is 14.4 Å². The zero-order valence-electron chi connectivity index (χ0n) is 28.9. The van der Waals surface area contributed by atoms with Crippen molar-refractivity contribution in [3.63, 3.8) is 0 Å². The topological polar surface area (TPSA) is 171 Å². The van der Waals surface area contributed by atoms with Gasteiger partial charge < -0.3 is 41.0 Å². The standard InChI is InChI=1S/C31H57BN6O6Si/c1-29(2,3)42-28(41)36-20(18-45(7,8)9)26(40)38-15-11-12-21(38)25(39)37-24(13-10-14-35-27(33)34)32-43-23-17-19-16-22(30(19,4)5)31(23,6)44-32/h19-24H,10-18H2,1-9H3,(H,36,41)(H,37,39)(H4,33,34,35)/t19?,20-,21+,22+,23-,24+,31+/m1/s1. The van der Waals surface area contributed by atoms with Gasteiger partial charge in [0.2, 0.25) is 11.8 Å². The second kappa shape index (κ2) is 13.1. The summed E-state index contributed by atoms with van der Waals surface area (Å²) < 4.78 is 18.8. The Morgan fingerprint density at radius 3 is 2.42 bits per heavy atom. The lowest BCUT2D eigenvalue weighted by Gasteiger charge is -2.64. The molecule has 3 amide bonds. The summed E-state index contributed by atoms with van der Waals surface area (Å²) in [6, 6.07) is -0.894. The van der Waals surface area contributed by atoms with Gasteiger partial charge in [0.1, 0.15) is 17.7 Å². The van der Waals surface area contributed by atoms with Gasteiger partial charge in [-0.2, -0.15) is 0 Å². The summed E-state index contributed by atoms with van der Waals surface area (Å²) in [6.45, 7) is 19.5. The third-order valence-corrected chi connectivity index (χ3v) is 11.9. The summed E-state index contributed by atoms with van der Waals surface area (Å²) in [4.78, 5) is 46.4. The highest BCUT2D eigenvalue weighted by molar-refractivity contribution is 6.76. The highest BCUT2D eigenvalue weighted by Crippen LogP contribution is 2.65. The van der Waals surface area contributed by atoms with Gasteiger partial charge in [-0.15, -0.1) is 0 Å². The Balaban J connectivity index is 1.49. The zero-order chi connectivity index (χ0) is 33.5. The number of guanidine groups is 1. The second-order valence-electron chi connectivity index (χ2n) is 16.6. The Morgan fingerprint density at radius 1 is 1.13 bits per heavy atom. The lowest BCUT2D eigenvalue weighted by molar-refractivity contribution is -0.199. The minimum absolute atomic E-state index is 0.0254. The maximum absolute atomic E-state index is 14.0. The number of nitrogens with one attached hydrogen (secondary N) is 2. The molecule has 0 aromatic rings. The van der Waals surface area contributed by atoms with E-state index in [0.717, 1.165) is 12.8 Å². The first-order valence-corrected chi connectivity index (χ1v) is 20.4. The van der Waals surface area contributed by atoms with Crippen molar-refractivity contribution in [1.29, 1.82) is 0 Å². The number of likely N-dealkylation sites (tertiary alicyclic amines) is 1. The molecule has 3 saturated carbocycles. The molecule has 5 rings (SSSR count). The smallest absolute Gasteiger partial charge is 0.444 e. The quantitative estimate of drug-likeness (QED) is 0.115. The second-order valence-corrected chi connectivity index (χ2v) is 22.1. The van der Waals surface area contributed by atoms with Gasteiger partial charge in [-0.25, -0.2) is 4.79 Å². The van der Waals surface area contributed by atoms with Crippen molar-refractivity contribution in [3.8, 4) is 0 Å². The summed E-state index contributed by atoms with van der Waals surface area (Å²) in [5, 5.41) is 6.03. The van der Waals surface area contributed by atoms with Crippen LogP contribution in [0.4, 0.5) is 4.79 Å². The number of rotatable bonds is 11. The first-order chi connectivity index (χ1) is 20.7. The molecule has 12 nitrogen and oxygen atoms in total. The van der Waals surface area contributed by atoms with Crippen molar-refractivity contribution in [1.82, 2.24) is 15.5 Å². The maximum Gasteiger partial charge on any atom is 0.481 e. The molecule has 2 saturated heterocycles. The number of hydrogen-bond acceptors (Lipinski definition) is 7. The molecule has 1 unspecified atom stereocenters. The predicted octanol–water partition coefficient (Wildman–Crippen LogP) is 3.01. The molecule has 5 aliphatic rings. The Kier molecular flexibility index (Phi) is 10.3. The minimum atomic E-state index is -1.79. The summed E-state index contributed by atoms with van der Waals surface area (Å²) in [7, 11) is -2.41. The van der Waals surface area contributed by atoms with E-state index in [-0.39, 0.29) is 29.3 Å². The van der Waals surface area contributed by atoms with Crippen molar-refractivity contribution >= 4 is 39.1 Å². The normalized spacial score (nSPS) is 30.1. The molecule has 2 bridgehead atoms. The van der Waals surface area contributed by atoms with Crippen LogP contribution in [0.1, 0.15) is 80.1 Å². The van der Waals surface area contributed by atoms with Gasteiger partial charge in [0.25, 0.3) is 0 Å². The number of hydrogen-bond donors (Lipinski definition) is 4. The van der Waals surface area contributed by atoms with E-state index in [1.54, 1.807) is 25.7 Å². The molecule has 2 heterocycles. The number of ether oxygens (including phenoxy) is 1. The number of amides is 3. The first-order valence-electron chi connectivity index (χ1n) is 16.7. The average Bonchev–Trinajstić information content (AvgIpc) is 3.51. The SMILES string of the molecule is CC(C)(C)OC(=O)N[C@H](C[Si](C)(C)C)C(=O)N1CCC[C@H]1C(=O)N[C@@H](CCCN=C(N)N)B1O[C@@H]2CC3C[C@@H](C3(C)C)[C@]2(C)O1. The Bertz CT molecular complexity index is 1150. The number of alkyl carbamates (subject to hydrolysis) is 1. The molecule has 14 heteroatoms. The monoisotopic (exact) mass is 648 g/mol. The molecule has 3 aliphatic carbocycles. The van der Waals surface area contributed by atoms with Crippen LogP contribution in [0.25, 0.3) is 0 Å². The van der Waals surface area contributed by atoms with E-state index < -0.39 is 50.5 Å². The van der Waals surface area contributed by atoms with Crippen LogP contribution < -0.4 is 22.1 Å². The lowest BCUT2D eigenvalue weighted by Crippen LogP contribution is -2.65. The summed E-state index contributed by atoms with van der Waals surface area (Å²) >= 11 is 0. The van der Waals surface area contributed by atoms with Crippen LogP contribution in [0.15, 0.2) is 4.99 Å². The largest absolute Gasteiger partial charge is 0.481 e. The molecular weight excluding hydrogens is 591 g/mol. The zero-order valence-corrected chi connectivity index (χ0v) is 29.9. The molecule has 0 aromatic heterocycles. The first kappa shape index (κ1) is 35.5. The number of nitrogens with two attached hydrogens (primary N) is 2.